The molecular weight excluding hydrogens is 248 g/mol. The van der Waals surface area contributed by atoms with Gasteiger partial charge in [-0.25, -0.2) is 0 Å². The van der Waals surface area contributed by atoms with Crippen molar-refractivity contribution in [2.24, 2.45) is 5.92 Å². The van der Waals surface area contributed by atoms with Crippen LogP contribution in [0.3, 0.4) is 0 Å². The molecule has 20 heavy (non-hydrogen) atoms. The molecule has 0 aliphatic heterocycles. The molecule has 1 saturated carbocycles. The van der Waals surface area contributed by atoms with E-state index in [2.05, 4.69) is 23.2 Å². The van der Waals surface area contributed by atoms with Crippen LogP contribution in [0.4, 0.5) is 0 Å². The summed E-state index contributed by atoms with van der Waals surface area (Å²) >= 11 is 0. The minimum absolute atomic E-state index is 0.213. The van der Waals surface area contributed by atoms with Crippen molar-refractivity contribution in [1.82, 2.24) is 10.2 Å². The van der Waals surface area contributed by atoms with E-state index < -0.39 is 0 Å². The van der Waals surface area contributed by atoms with E-state index in [4.69, 9.17) is 0 Å². The van der Waals surface area contributed by atoms with Crippen molar-refractivity contribution < 1.29 is 4.79 Å². The third-order valence-corrected chi connectivity index (χ3v) is 3.85. The fourth-order valence-electron chi connectivity index (χ4n) is 2.53. The largest absolute Gasteiger partial charge is 0.338 e. The Labute approximate surface area is 122 Å². The SMILES string of the molecule is CCCN(CC1CC1)C(=O)c1ccccc1CCNC. The number of benzene rings is 1. The summed E-state index contributed by atoms with van der Waals surface area (Å²) < 4.78 is 0. The van der Waals surface area contributed by atoms with Gasteiger partial charge in [0.25, 0.3) is 5.91 Å². The second-order valence-electron chi connectivity index (χ2n) is 5.71. The Morgan fingerprint density at radius 1 is 1.35 bits per heavy atom. The van der Waals surface area contributed by atoms with Crippen LogP contribution in [0.25, 0.3) is 0 Å². The monoisotopic (exact) mass is 274 g/mol. The van der Waals surface area contributed by atoms with Crippen molar-refractivity contribution in [3.05, 3.63) is 35.4 Å². The lowest BCUT2D eigenvalue weighted by atomic mass is 10.0. The van der Waals surface area contributed by atoms with Gasteiger partial charge in [0.05, 0.1) is 0 Å². The van der Waals surface area contributed by atoms with E-state index in [9.17, 15) is 4.79 Å². The summed E-state index contributed by atoms with van der Waals surface area (Å²) in [5.41, 5.74) is 2.04. The molecule has 1 N–H and O–H groups in total. The van der Waals surface area contributed by atoms with Crippen LogP contribution in [0.2, 0.25) is 0 Å². The molecule has 1 aliphatic rings. The van der Waals surface area contributed by atoms with E-state index in [1.54, 1.807) is 0 Å². The van der Waals surface area contributed by atoms with Crippen LogP contribution in [-0.2, 0) is 6.42 Å². The number of carbonyl (C=O) groups excluding carboxylic acids is 1. The van der Waals surface area contributed by atoms with Gasteiger partial charge in [0.2, 0.25) is 0 Å². The van der Waals surface area contributed by atoms with E-state index in [0.717, 1.165) is 49.5 Å². The van der Waals surface area contributed by atoms with Crippen molar-refractivity contribution in [3.8, 4) is 0 Å². The molecule has 0 radical (unpaired) electrons. The predicted molar refractivity (Wildman–Crippen MR) is 83.0 cm³/mol. The van der Waals surface area contributed by atoms with Gasteiger partial charge in [-0.05, 0) is 56.8 Å². The second kappa shape index (κ2) is 7.44. The first-order valence-corrected chi connectivity index (χ1v) is 7.78. The molecule has 3 heteroatoms. The summed E-state index contributed by atoms with van der Waals surface area (Å²) in [4.78, 5) is 14.8. The second-order valence-corrected chi connectivity index (χ2v) is 5.71. The van der Waals surface area contributed by atoms with Gasteiger partial charge in [-0.2, -0.15) is 0 Å². The maximum absolute atomic E-state index is 12.8. The van der Waals surface area contributed by atoms with Crippen LogP contribution < -0.4 is 5.32 Å². The number of nitrogens with one attached hydrogen (secondary N) is 1. The highest BCUT2D eigenvalue weighted by molar-refractivity contribution is 5.95. The average Bonchev–Trinajstić information content (AvgIpc) is 3.28. The fourth-order valence-corrected chi connectivity index (χ4v) is 2.53. The number of likely N-dealkylation sites (N-methyl/N-ethyl adjacent to an activating group) is 1. The molecule has 0 atom stereocenters. The molecule has 2 rings (SSSR count). The first-order valence-electron chi connectivity index (χ1n) is 7.78. The number of hydrogen-bond acceptors (Lipinski definition) is 2. The van der Waals surface area contributed by atoms with Crippen molar-refractivity contribution in [2.45, 2.75) is 32.6 Å². The molecule has 0 bridgehead atoms. The van der Waals surface area contributed by atoms with Gasteiger partial charge in [-0.15, -0.1) is 0 Å². The normalized spacial score (nSPS) is 14.3. The van der Waals surface area contributed by atoms with Gasteiger partial charge in [-0.1, -0.05) is 25.1 Å². The Morgan fingerprint density at radius 3 is 2.75 bits per heavy atom. The predicted octanol–water partition coefficient (Wildman–Crippen LogP) is 2.71. The highest BCUT2D eigenvalue weighted by Crippen LogP contribution is 2.30. The number of carbonyl (C=O) groups is 1. The minimum Gasteiger partial charge on any atom is -0.338 e. The molecule has 3 nitrogen and oxygen atoms in total. The average molecular weight is 274 g/mol. The van der Waals surface area contributed by atoms with Crippen LogP contribution in [0.5, 0.6) is 0 Å². The van der Waals surface area contributed by atoms with Crippen molar-refractivity contribution in [3.63, 3.8) is 0 Å². The molecule has 0 saturated heterocycles. The van der Waals surface area contributed by atoms with Gasteiger partial charge in [0.15, 0.2) is 0 Å². The van der Waals surface area contributed by atoms with Crippen LogP contribution in [0.1, 0.15) is 42.1 Å². The number of hydrogen-bond donors (Lipinski definition) is 1. The molecule has 1 fully saturated rings. The van der Waals surface area contributed by atoms with E-state index >= 15 is 0 Å². The number of amides is 1. The molecule has 1 aromatic rings. The third kappa shape index (κ3) is 4.07. The van der Waals surface area contributed by atoms with E-state index in [-0.39, 0.29) is 5.91 Å². The quantitative estimate of drug-likeness (QED) is 0.790. The summed E-state index contributed by atoms with van der Waals surface area (Å²) in [7, 11) is 1.95. The summed E-state index contributed by atoms with van der Waals surface area (Å²) in [5, 5.41) is 3.15. The maximum Gasteiger partial charge on any atom is 0.254 e. The van der Waals surface area contributed by atoms with Gasteiger partial charge >= 0.3 is 0 Å². The van der Waals surface area contributed by atoms with E-state index in [1.165, 1.54) is 12.8 Å². The summed E-state index contributed by atoms with van der Waals surface area (Å²) in [6.45, 7) is 4.85. The Balaban J connectivity index is 2.12. The van der Waals surface area contributed by atoms with Gasteiger partial charge in [-0.3, -0.25) is 4.79 Å². The van der Waals surface area contributed by atoms with Crippen molar-refractivity contribution in [2.75, 3.05) is 26.7 Å². The summed E-state index contributed by atoms with van der Waals surface area (Å²) in [6.07, 6.45) is 4.50. The number of rotatable bonds is 8. The lowest BCUT2D eigenvalue weighted by Crippen LogP contribution is -2.34. The Kier molecular flexibility index (Phi) is 5.60. The zero-order valence-corrected chi connectivity index (χ0v) is 12.7. The van der Waals surface area contributed by atoms with Crippen LogP contribution in [-0.4, -0.2) is 37.5 Å². The molecule has 0 spiro atoms. The Morgan fingerprint density at radius 2 is 2.10 bits per heavy atom. The Bertz CT molecular complexity index is 440. The van der Waals surface area contributed by atoms with E-state index in [1.807, 2.05) is 25.2 Å². The zero-order valence-electron chi connectivity index (χ0n) is 12.7. The smallest absolute Gasteiger partial charge is 0.254 e. The van der Waals surface area contributed by atoms with E-state index in [0.29, 0.717) is 0 Å². The van der Waals surface area contributed by atoms with Gasteiger partial charge in [0, 0.05) is 18.7 Å². The summed E-state index contributed by atoms with van der Waals surface area (Å²) in [5.74, 6) is 0.959. The van der Waals surface area contributed by atoms with Gasteiger partial charge < -0.3 is 10.2 Å². The summed E-state index contributed by atoms with van der Waals surface area (Å²) in [6, 6.07) is 8.04. The molecule has 0 aromatic heterocycles. The first kappa shape index (κ1) is 15.0. The van der Waals surface area contributed by atoms with Crippen LogP contribution in [0.15, 0.2) is 24.3 Å². The van der Waals surface area contributed by atoms with Crippen LogP contribution in [0, 0.1) is 5.92 Å². The molecule has 1 amide bonds. The first-order chi connectivity index (χ1) is 9.76. The van der Waals surface area contributed by atoms with Crippen LogP contribution >= 0.6 is 0 Å². The van der Waals surface area contributed by atoms with Crippen molar-refractivity contribution in [1.29, 1.82) is 0 Å². The molecule has 110 valence electrons. The molecule has 0 unspecified atom stereocenters. The lowest BCUT2D eigenvalue weighted by molar-refractivity contribution is 0.0746. The van der Waals surface area contributed by atoms with Crippen molar-refractivity contribution >= 4 is 5.91 Å². The third-order valence-electron chi connectivity index (χ3n) is 3.85. The van der Waals surface area contributed by atoms with Gasteiger partial charge in [0.1, 0.15) is 0 Å². The lowest BCUT2D eigenvalue weighted by Gasteiger charge is -2.23. The number of nitrogens with zero attached hydrogens (tertiary/aromatic N) is 1. The highest BCUT2D eigenvalue weighted by atomic mass is 16.2. The highest BCUT2D eigenvalue weighted by Gasteiger charge is 2.27. The minimum atomic E-state index is 0.213. The topological polar surface area (TPSA) is 32.3 Å². The maximum atomic E-state index is 12.8. The zero-order chi connectivity index (χ0) is 14.4. The molecule has 1 aliphatic carbocycles. The molecule has 1 aromatic carbocycles. The Hall–Kier alpha value is -1.35. The fraction of sp³-hybridized carbons (Fsp3) is 0.588. The molecular formula is C17H26N2O. The molecule has 0 heterocycles. The standard InChI is InChI=1S/C17H26N2O/c1-3-12-19(13-14-8-9-14)17(20)16-7-5-4-6-15(16)10-11-18-2/h4-7,14,18H,3,8-13H2,1-2H3.